The highest BCUT2D eigenvalue weighted by Gasteiger charge is 2.12. The molecule has 1 heterocycles. The lowest BCUT2D eigenvalue weighted by Gasteiger charge is -2.11. The summed E-state index contributed by atoms with van der Waals surface area (Å²) in [6, 6.07) is 4.02. The molecule has 2 rings (SSSR count). The summed E-state index contributed by atoms with van der Waals surface area (Å²) in [5.74, 6) is -1.15. The van der Waals surface area contributed by atoms with Gasteiger partial charge in [0.05, 0.1) is 5.69 Å². The van der Waals surface area contributed by atoms with Crippen LogP contribution in [0.5, 0.6) is 0 Å². The first kappa shape index (κ1) is 19.8. The van der Waals surface area contributed by atoms with Gasteiger partial charge in [0.1, 0.15) is 5.82 Å². The van der Waals surface area contributed by atoms with Crippen LogP contribution in [0.4, 0.5) is 15.8 Å². The van der Waals surface area contributed by atoms with Crippen molar-refractivity contribution >= 4 is 35.0 Å². The van der Waals surface area contributed by atoms with Crippen molar-refractivity contribution in [3.63, 3.8) is 0 Å². The summed E-state index contributed by atoms with van der Waals surface area (Å²) < 4.78 is 13.9. The van der Waals surface area contributed by atoms with Crippen molar-refractivity contribution in [2.75, 3.05) is 16.9 Å². The van der Waals surface area contributed by atoms with Gasteiger partial charge in [0, 0.05) is 30.4 Å². The summed E-state index contributed by atoms with van der Waals surface area (Å²) in [5, 5.41) is 5.80. The van der Waals surface area contributed by atoms with E-state index in [4.69, 9.17) is 0 Å². The molecule has 1 aromatic carbocycles. The number of benzene rings is 1. The van der Waals surface area contributed by atoms with E-state index in [-0.39, 0.29) is 23.9 Å². The lowest BCUT2D eigenvalue weighted by Crippen LogP contribution is -2.15. The van der Waals surface area contributed by atoms with Gasteiger partial charge in [0.15, 0.2) is 5.16 Å². The molecule has 26 heavy (non-hydrogen) atoms. The third-order valence-electron chi connectivity index (χ3n) is 3.75. The van der Waals surface area contributed by atoms with E-state index >= 15 is 0 Å². The maximum absolute atomic E-state index is 13.9. The van der Waals surface area contributed by atoms with E-state index < -0.39 is 5.82 Å². The van der Waals surface area contributed by atoms with Crippen molar-refractivity contribution in [3.05, 3.63) is 41.0 Å². The number of nitrogens with one attached hydrogen (secondary N) is 2. The summed E-state index contributed by atoms with van der Waals surface area (Å²) in [5.41, 5.74) is 3.05. The fourth-order valence-corrected chi connectivity index (χ4v) is 2.97. The Morgan fingerprint density at radius 2 is 1.81 bits per heavy atom. The number of aryl methyl sites for hydroxylation is 2. The van der Waals surface area contributed by atoms with Crippen LogP contribution in [0.25, 0.3) is 0 Å². The molecule has 2 N–H and O–H groups in total. The van der Waals surface area contributed by atoms with Crippen LogP contribution in [0.3, 0.4) is 0 Å². The molecule has 2 aromatic rings. The number of carbonyl (C=O) groups excluding carboxylic acids is 2. The largest absolute Gasteiger partial charge is 0.326 e. The second kappa shape index (κ2) is 8.75. The van der Waals surface area contributed by atoms with Crippen molar-refractivity contribution in [2.24, 2.45) is 0 Å². The van der Waals surface area contributed by atoms with Crippen LogP contribution in [0.2, 0.25) is 0 Å². The minimum atomic E-state index is -0.563. The summed E-state index contributed by atoms with van der Waals surface area (Å²) in [4.78, 5) is 32.1. The molecule has 0 aliphatic carbocycles. The lowest BCUT2D eigenvalue weighted by atomic mass is 10.1. The minimum Gasteiger partial charge on any atom is -0.326 e. The van der Waals surface area contributed by atoms with Gasteiger partial charge in [-0.3, -0.25) is 9.59 Å². The fraction of sp³-hybridized carbons (Fsp3) is 0.333. The molecule has 0 bridgehead atoms. The molecule has 0 saturated carbocycles. The molecular formula is C18H21FN4O2S. The van der Waals surface area contributed by atoms with Gasteiger partial charge >= 0.3 is 0 Å². The van der Waals surface area contributed by atoms with Crippen molar-refractivity contribution in [3.8, 4) is 0 Å². The van der Waals surface area contributed by atoms with E-state index in [0.717, 1.165) is 17.0 Å². The molecule has 0 spiro atoms. The molecule has 0 radical (unpaired) electrons. The van der Waals surface area contributed by atoms with Gasteiger partial charge in [-0.05, 0) is 50.3 Å². The van der Waals surface area contributed by atoms with Crippen LogP contribution >= 0.6 is 11.8 Å². The van der Waals surface area contributed by atoms with Crippen LogP contribution < -0.4 is 10.6 Å². The van der Waals surface area contributed by atoms with E-state index in [9.17, 15) is 14.0 Å². The molecule has 6 nitrogen and oxygen atoms in total. The maximum atomic E-state index is 13.9. The number of anilines is 2. The zero-order valence-electron chi connectivity index (χ0n) is 15.1. The number of amides is 2. The predicted octanol–water partition coefficient (Wildman–Crippen LogP) is 3.48. The molecular weight excluding hydrogens is 355 g/mol. The van der Waals surface area contributed by atoms with E-state index in [2.05, 4.69) is 20.6 Å². The SMILES string of the molecule is CSc1nc(C)c(CCC(=O)Nc2cc(NC(C)=O)ccc2F)c(C)n1. The van der Waals surface area contributed by atoms with Crippen LogP contribution in [0, 0.1) is 19.7 Å². The van der Waals surface area contributed by atoms with Crippen LogP contribution in [0.15, 0.2) is 23.4 Å². The number of rotatable bonds is 6. The summed E-state index contributed by atoms with van der Waals surface area (Å²) >= 11 is 1.47. The highest BCUT2D eigenvalue weighted by atomic mass is 32.2. The second-order valence-corrected chi connectivity index (χ2v) is 6.56. The molecule has 8 heteroatoms. The zero-order chi connectivity index (χ0) is 19.3. The van der Waals surface area contributed by atoms with Crippen LogP contribution in [0.1, 0.15) is 30.3 Å². The topological polar surface area (TPSA) is 84.0 Å². The molecule has 0 aliphatic heterocycles. The monoisotopic (exact) mass is 376 g/mol. The van der Waals surface area contributed by atoms with E-state index in [0.29, 0.717) is 17.3 Å². The summed E-state index contributed by atoms with van der Waals surface area (Å²) in [6.07, 6.45) is 2.55. The number of thioether (sulfide) groups is 1. The standard InChI is InChI=1S/C18H21FN4O2S/c1-10-14(11(2)21-18(20-10)26-4)6-8-17(25)23-16-9-13(22-12(3)24)5-7-15(16)19/h5,7,9H,6,8H2,1-4H3,(H,22,24)(H,23,25). The molecule has 0 unspecified atom stereocenters. The Kier molecular flexibility index (Phi) is 6.68. The average molecular weight is 376 g/mol. The third kappa shape index (κ3) is 5.26. The number of hydrogen-bond acceptors (Lipinski definition) is 5. The average Bonchev–Trinajstić information content (AvgIpc) is 2.56. The molecule has 1 aromatic heterocycles. The van der Waals surface area contributed by atoms with Gasteiger partial charge in [0.2, 0.25) is 11.8 Å². The smallest absolute Gasteiger partial charge is 0.224 e. The van der Waals surface area contributed by atoms with E-state index in [1.165, 1.54) is 36.9 Å². The first-order valence-electron chi connectivity index (χ1n) is 8.05. The van der Waals surface area contributed by atoms with Gasteiger partial charge in [0.25, 0.3) is 0 Å². The Hall–Kier alpha value is -2.48. The first-order valence-corrected chi connectivity index (χ1v) is 9.27. The second-order valence-electron chi connectivity index (χ2n) is 5.78. The van der Waals surface area contributed by atoms with Gasteiger partial charge < -0.3 is 10.6 Å². The van der Waals surface area contributed by atoms with Gasteiger partial charge in [-0.25, -0.2) is 14.4 Å². The number of nitrogens with zero attached hydrogens (tertiary/aromatic N) is 2. The maximum Gasteiger partial charge on any atom is 0.224 e. The van der Waals surface area contributed by atoms with E-state index in [1.54, 1.807) is 0 Å². The molecule has 0 atom stereocenters. The van der Waals surface area contributed by atoms with Gasteiger partial charge in [-0.2, -0.15) is 0 Å². The van der Waals surface area contributed by atoms with Crippen LogP contribution in [-0.4, -0.2) is 28.0 Å². The quantitative estimate of drug-likeness (QED) is 0.596. The molecule has 2 amide bonds. The Morgan fingerprint density at radius 1 is 1.15 bits per heavy atom. The molecule has 138 valence electrons. The number of hydrogen-bond donors (Lipinski definition) is 2. The third-order valence-corrected chi connectivity index (χ3v) is 4.29. The highest BCUT2D eigenvalue weighted by Crippen LogP contribution is 2.21. The van der Waals surface area contributed by atoms with Gasteiger partial charge in [-0.15, -0.1) is 0 Å². The zero-order valence-corrected chi connectivity index (χ0v) is 16.0. The Labute approximate surface area is 156 Å². The van der Waals surface area contributed by atoms with Crippen molar-refractivity contribution in [1.82, 2.24) is 9.97 Å². The van der Waals surface area contributed by atoms with Crippen molar-refractivity contribution in [2.45, 2.75) is 38.8 Å². The lowest BCUT2D eigenvalue weighted by molar-refractivity contribution is -0.116. The number of carbonyl (C=O) groups is 2. The molecule has 0 fully saturated rings. The predicted molar refractivity (Wildman–Crippen MR) is 101 cm³/mol. The summed E-state index contributed by atoms with van der Waals surface area (Å²) in [7, 11) is 0. The van der Waals surface area contributed by atoms with E-state index in [1.807, 2.05) is 20.1 Å². The normalized spacial score (nSPS) is 10.5. The highest BCUT2D eigenvalue weighted by molar-refractivity contribution is 7.98. The minimum absolute atomic E-state index is 0.0312. The number of halogens is 1. The Morgan fingerprint density at radius 3 is 2.38 bits per heavy atom. The Bertz CT molecular complexity index is 819. The number of aromatic nitrogens is 2. The Balaban J connectivity index is 2.05. The molecule has 0 aliphatic rings. The fourth-order valence-electron chi connectivity index (χ4n) is 2.52. The van der Waals surface area contributed by atoms with Gasteiger partial charge in [-0.1, -0.05) is 11.8 Å². The van der Waals surface area contributed by atoms with Crippen molar-refractivity contribution in [1.29, 1.82) is 0 Å². The molecule has 0 saturated heterocycles. The summed E-state index contributed by atoms with van der Waals surface area (Å²) in [6.45, 7) is 5.13. The van der Waals surface area contributed by atoms with Crippen molar-refractivity contribution < 1.29 is 14.0 Å². The first-order chi connectivity index (χ1) is 12.3. The van der Waals surface area contributed by atoms with Crippen LogP contribution in [-0.2, 0) is 16.0 Å².